The summed E-state index contributed by atoms with van der Waals surface area (Å²) in [6.07, 6.45) is 0. The van der Waals surface area contributed by atoms with Crippen LogP contribution in [0.25, 0.3) is 137 Å². The van der Waals surface area contributed by atoms with E-state index in [1.54, 1.807) is 36.4 Å². The minimum absolute atomic E-state index is 0.0104. The fraction of sp³-hybridized carbons (Fsp3) is 0. The molecule has 15 aromatic rings. The van der Waals surface area contributed by atoms with Gasteiger partial charge < -0.3 is 13.7 Å². The molecule has 0 fully saturated rings. The number of benzene rings is 10. The Bertz CT molecular complexity index is 5640. The lowest BCUT2D eigenvalue weighted by molar-refractivity contribution is 1.05. The molecule has 0 aliphatic heterocycles. The van der Waals surface area contributed by atoms with Crippen molar-refractivity contribution in [1.29, 1.82) is 0 Å². The number of nitrogens with zero attached hydrogens (tertiary/aromatic N) is 5. The molecule has 0 saturated heterocycles. The number of fused-ring (bicyclic) bond motifs is 12. The summed E-state index contributed by atoms with van der Waals surface area (Å²) < 4.78 is 231. The van der Waals surface area contributed by atoms with Crippen molar-refractivity contribution >= 4 is 96.9 Å². The Morgan fingerprint density at radius 1 is 0.357 bits per heavy atom. The highest BCUT2D eigenvalue weighted by Crippen LogP contribution is 2.46. The number of rotatable bonds is 6. The zero-order valence-electron chi connectivity index (χ0n) is 59.8. The summed E-state index contributed by atoms with van der Waals surface area (Å²) in [5, 5.41) is -0.960. The lowest BCUT2D eigenvalue weighted by Gasteiger charge is -2.23. The van der Waals surface area contributed by atoms with Crippen LogP contribution in [0.4, 0.5) is 0 Å². The molecule has 15 rings (SSSR count). The topological polar surface area (TPSA) is 40.6 Å². The van der Waals surface area contributed by atoms with Crippen molar-refractivity contribution in [2.75, 3.05) is 0 Å². The van der Waals surface area contributed by atoms with E-state index in [4.69, 9.17) is 18.2 Å². The Labute approximate surface area is 439 Å². The number of aromatic nitrogens is 5. The van der Waals surface area contributed by atoms with Gasteiger partial charge in [-0.25, -0.2) is 9.97 Å². The largest absolute Gasteiger partial charge is 0.307 e. The van der Waals surface area contributed by atoms with Crippen molar-refractivity contribution in [2.45, 2.75) is 0 Å². The Morgan fingerprint density at radius 2 is 0.786 bits per heavy atom. The molecule has 0 radical (unpaired) electrons. The minimum atomic E-state index is -0.896. The second-order valence-electron chi connectivity index (χ2n) is 16.3. The SMILES string of the molecule is [2H]c1c([2H])c([2H])c2c(c1[2H])c1c([2H])c([2H])c([2H])c([2H])c1n2-c1cc(-c2cc(-c3cccc4c3sc3ccccc34)nc(-c3ccccc3)n2)cc(-n2c3c([2H])c([2H])c([2H])c([2H])c3c3c([2H])c([2H])c([2H])c([2H])c32)c1-n1c2c([2H])c([2H])c([2H])c([2H])c2c2c([2H])c([2H])c([2H])c([2H])c21. The van der Waals surface area contributed by atoms with Crippen LogP contribution < -0.4 is 0 Å². The summed E-state index contributed by atoms with van der Waals surface area (Å²) in [6, 6.07) is 6.63. The van der Waals surface area contributed by atoms with E-state index in [9.17, 15) is 24.7 Å². The standard InChI is InChI=1S/C64H39N5S/c1-2-19-40(20-3-1)64-65-51(39-52(66-64)50-29-18-28-49-48-27-10-17-36-61(48)70-63(49)50)41-37-59(67-53-30-11-4-21-42(53)43-22-5-12-31-54(43)67)62(69-57-34-15-8-25-46(57)47-26-9-16-35-58(47)69)60(38-41)68-55-32-13-6-23-44(55)45-24-7-14-33-56(45)68/h1-39H/i4D,5D,6D,7D,8D,9D,11D,12D,13D,14D,15D,16D,21D,22D,23D,24D,25D,26D,30D,31D,32D,33D,34D,35D. The summed E-state index contributed by atoms with van der Waals surface area (Å²) in [6.45, 7) is 0. The molecule has 0 N–H and O–H groups in total. The van der Waals surface area contributed by atoms with Crippen LogP contribution in [-0.2, 0) is 0 Å². The highest BCUT2D eigenvalue weighted by Gasteiger charge is 2.27. The molecular formula is C64H39N5S. The molecule has 0 aliphatic carbocycles. The van der Waals surface area contributed by atoms with Gasteiger partial charge in [0.15, 0.2) is 5.82 Å². The van der Waals surface area contributed by atoms with Crippen molar-refractivity contribution in [1.82, 2.24) is 23.7 Å². The van der Waals surface area contributed by atoms with Gasteiger partial charge in [-0.3, -0.25) is 0 Å². The first-order valence-electron chi connectivity index (χ1n) is 33.8. The van der Waals surface area contributed by atoms with E-state index < -0.39 is 227 Å². The van der Waals surface area contributed by atoms with Gasteiger partial charge in [0.1, 0.15) is 0 Å². The Morgan fingerprint density at radius 3 is 1.30 bits per heavy atom. The molecule has 0 saturated carbocycles. The van der Waals surface area contributed by atoms with E-state index >= 15 is 0 Å². The molecule has 0 spiro atoms. The van der Waals surface area contributed by atoms with E-state index in [1.807, 2.05) is 42.5 Å². The van der Waals surface area contributed by atoms with Crippen LogP contribution in [0.2, 0.25) is 0 Å². The van der Waals surface area contributed by atoms with Crippen molar-refractivity contribution < 1.29 is 32.9 Å². The molecule has 326 valence electrons. The highest BCUT2D eigenvalue weighted by atomic mass is 32.1. The summed E-state index contributed by atoms with van der Waals surface area (Å²) in [4.78, 5) is 10.4. The smallest absolute Gasteiger partial charge is 0.160 e. The summed E-state index contributed by atoms with van der Waals surface area (Å²) >= 11 is 1.50. The van der Waals surface area contributed by atoms with Crippen molar-refractivity contribution in [2.24, 2.45) is 0 Å². The van der Waals surface area contributed by atoms with E-state index in [-0.39, 0.29) is 17.1 Å². The third-order valence-electron chi connectivity index (χ3n) is 12.6. The molecule has 5 nitrogen and oxygen atoms in total. The number of hydrogen-bond donors (Lipinski definition) is 0. The van der Waals surface area contributed by atoms with Crippen LogP contribution in [0.3, 0.4) is 0 Å². The molecule has 0 amide bonds. The average Bonchev–Trinajstić information content (AvgIpc) is 1.52. The summed E-state index contributed by atoms with van der Waals surface area (Å²) in [7, 11) is 0. The normalized spacial score (nSPS) is 16.8. The fourth-order valence-corrected chi connectivity index (χ4v) is 10.9. The van der Waals surface area contributed by atoms with Gasteiger partial charge in [-0.15, -0.1) is 11.3 Å². The first kappa shape index (κ1) is 22.3. The molecule has 10 aromatic carbocycles. The molecule has 70 heavy (non-hydrogen) atoms. The van der Waals surface area contributed by atoms with E-state index in [2.05, 4.69) is 0 Å². The summed E-state index contributed by atoms with van der Waals surface area (Å²) in [5.74, 6) is 0.118. The number of hydrogen-bond acceptors (Lipinski definition) is 3. The number of para-hydroxylation sites is 6. The first-order valence-corrected chi connectivity index (χ1v) is 22.6. The minimum Gasteiger partial charge on any atom is -0.307 e. The maximum absolute atomic E-state index is 9.89. The van der Waals surface area contributed by atoms with Gasteiger partial charge in [0.05, 0.1) is 94.4 Å². The van der Waals surface area contributed by atoms with Gasteiger partial charge in [0.2, 0.25) is 0 Å². The van der Waals surface area contributed by atoms with Crippen LogP contribution >= 0.6 is 11.3 Å². The third-order valence-corrected chi connectivity index (χ3v) is 13.8. The van der Waals surface area contributed by atoms with Gasteiger partial charge >= 0.3 is 0 Å². The van der Waals surface area contributed by atoms with Gasteiger partial charge in [0, 0.05) is 69.2 Å². The molecule has 0 unspecified atom stereocenters. The number of thiophene rings is 1. The monoisotopic (exact) mass is 933 g/mol. The molecule has 5 heterocycles. The lowest BCUT2D eigenvalue weighted by Crippen LogP contribution is -2.10. The fourth-order valence-electron chi connectivity index (χ4n) is 9.69. The van der Waals surface area contributed by atoms with Crippen molar-refractivity contribution in [3.05, 3.63) is 236 Å². The van der Waals surface area contributed by atoms with Crippen LogP contribution in [-0.4, -0.2) is 23.7 Å². The first-order chi connectivity index (χ1) is 44.7. The van der Waals surface area contributed by atoms with Crippen LogP contribution in [0.1, 0.15) is 32.9 Å². The zero-order chi connectivity index (χ0) is 66.8. The molecule has 0 aliphatic rings. The van der Waals surface area contributed by atoms with Gasteiger partial charge in [0.25, 0.3) is 0 Å². The third kappa shape index (κ3) is 5.71. The van der Waals surface area contributed by atoms with Crippen LogP contribution in [0.5, 0.6) is 0 Å². The zero-order valence-corrected chi connectivity index (χ0v) is 36.6. The van der Waals surface area contributed by atoms with Gasteiger partial charge in [-0.1, -0.05) is 175 Å². The molecule has 0 atom stereocenters. The lowest BCUT2D eigenvalue weighted by atomic mass is 10.0. The molecule has 0 bridgehead atoms. The predicted molar refractivity (Wildman–Crippen MR) is 294 cm³/mol. The van der Waals surface area contributed by atoms with E-state index in [0.717, 1.165) is 33.9 Å². The van der Waals surface area contributed by atoms with E-state index in [1.165, 1.54) is 23.5 Å². The van der Waals surface area contributed by atoms with Crippen LogP contribution in [0.15, 0.2) is 236 Å². The summed E-state index contributed by atoms with van der Waals surface area (Å²) in [5.41, 5.74) is -3.42. The molecule has 6 heteroatoms. The maximum atomic E-state index is 9.89. The second kappa shape index (κ2) is 15.2. The average molecular weight is 934 g/mol. The highest BCUT2D eigenvalue weighted by molar-refractivity contribution is 7.26. The maximum Gasteiger partial charge on any atom is 0.160 e. The quantitative estimate of drug-likeness (QED) is 0.167. The molecular weight excluding hydrogens is 871 g/mol. The predicted octanol–water partition coefficient (Wildman–Crippen LogP) is 17.1. The van der Waals surface area contributed by atoms with Gasteiger partial charge in [-0.05, 0) is 60.5 Å². The van der Waals surface area contributed by atoms with Crippen LogP contribution in [0, 0.1) is 0 Å². The Balaban J connectivity index is 1.29. The Kier molecular flexibility index (Phi) is 4.85. The van der Waals surface area contributed by atoms with Crippen molar-refractivity contribution in [3.8, 4) is 51.0 Å². The van der Waals surface area contributed by atoms with E-state index in [0.29, 0.717) is 16.8 Å². The molecule has 5 aromatic heterocycles. The van der Waals surface area contributed by atoms with Gasteiger partial charge in [-0.2, -0.15) is 0 Å². The second-order valence-corrected chi connectivity index (χ2v) is 17.4. The van der Waals surface area contributed by atoms with Crippen molar-refractivity contribution in [3.63, 3.8) is 0 Å². The Hall–Kier alpha value is -9.10.